The first-order valence-corrected chi connectivity index (χ1v) is 9.44. The lowest BCUT2D eigenvalue weighted by atomic mass is 10.4. The van der Waals surface area contributed by atoms with Crippen LogP contribution in [-0.2, 0) is 19.4 Å². The molecule has 11 heteroatoms. The Morgan fingerprint density at radius 2 is 1.27 bits per heavy atom. The molecule has 0 aliphatic heterocycles. The van der Waals surface area contributed by atoms with E-state index in [-0.39, 0.29) is 5.57 Å². The Hall–Kier alpha value is -1.08. The van der Waals surface area contributed by atoms with E-state index in [1.807, 2.05) is 0 Å². The molecule has 0 aromatic carbocycles. The van der Waals surface area contributed by atoms with Gasteiger partial charge in [-0.1, -0.05) is 6.58 Å². The van der Waals surface area contributed by atoms with Gasteiger partial charge in [0.1, 0.15) is 0 Å². The second-order valence-electron chi connectivity index (χ2n) is 5.84. The summed E-state index contributed by atoms with van der Waals surface area (Å²) in [4.78, 5) is 12.4. The summed E-state index contributed by atoms with van der Waals surface area (Å²) in [5.41, 5.74) is 10.6. The fraction of sp³-hybridized carbons (Fsp3) is 0.800. The van der Waals surface area contributed by atoms with Crippen LogP contribution in [0.3, 0.4) is 0 Å². The molecule has 0 unspecified atom stereocenters. The van der Waals surface area contributed by atoms with Crippen LogP contribution in [0.4, 0.5) is 0 Å². The lowest BCUT2D eigenvalue weighted by molar-refractivity contribution is -0.858. The largest absolute Gasteiger partial charge is 0.726 e. The number of hydrogen-bond donors (Lipinski definition) is 4. The van der Waals surface area contributed by atoms with Crippen LogP contribution >= 0.6 is 0 Å². The van der Waals surface area contributed by atoms with Crippen molar-refractivity contribution in [1.29, 1.82) is 0 Å². The molecule has 0 aliphatic carbocycles. The third-order valence-corrected chi connectivity index (χ3v) is 2.72. The monoisotopic (exact) mass is 402 g/mol. The van der Waals surface area contributed by atoms with Crippen LogP contribution in [0, 0.1) is 0 Å². The van der Waals surface area contributed by atoms with Crippen molar-refractivity contribution in [1.82, 2.24) is 0 Å². The highest BCUT2D eigenvalue weighted by atomic mass is 32.3. The number of quaternary nitrogens is 2. The average Bonchev–Trinajstić information content (AvgIpc) is 2.51. The minimum Gasteiger partial charge on any atom is -0.726 e. The smallest absolute Gasteiger partial charge is 0.217 e. The van der Waals surface area contributed by atoms with Crippen LogP contribution in [-0.4, -0.2) is 80.4 Å². The summed E-state index contributed by atoms with van der Waals surface area (Å²) in [7, 11) is 4.93. The molecule has 0 bridgehead atoms. The lowest BCUT2D eigenvalue weighted by Crippen LogP contribution is -3.05. The molecule has 0 heterocycles. The summed E-state index contributed by atoms with van der Waals surface area (Å²) in [6, 6.07) is 0. The summed E-state index contributed by atoms with van der Waals surface area (Å²) in [6.45, 7) is 8.51. The molecule has 0 saturated heterocycles. The van der Waals surface area contributed by atoms with Gasteiger partial charge < -0.3 is 35.7 Å². The van der Waals surface area contributed by atoms with Crippen molar-refractivity contribution < 1.29 is 36.9 Å². The van der Waals surface area contributed by atoms with Crippen molar-refractivity contribution in [2.75, 3.05) is 61.5 Å². The van der Waals surface area contributed by atoms with Gasteiger partial charge in [0.15, 0.2) is 0 Å². The Balaban J connectivity index is -0.000000124. The molecule has 6 N–H and O–H groups in total. The molecule has 0 spiro atoms. The van der Waals surface area contributed by atoms with E-state index in [0.29, 0.717) is 0 Å². The molecule has 0 aliphatic rings. The molecule has 26 heavy (non-hydrogen) atoms. The molecular weight excluding hydrogens is 364 g/mol. The summed E-state index contributed by atoms with van der Waals surface area (Å²) in [6.07, 6.45) is 2.28. The molecule has 0 radical (unpaired) electrons. The number of carboxylic acid groups (broad SMARTS) is 1. The number of nitrogens with two attached hydrogens (primary N) is 2. The number of nitrogens with one attached hydrogen (secondary N) is 2. The molecule has 160 valence electrons. The van der Waals surface area contributed by atoms with Crippen LogP contribution in [0.25, 0.3) is 0 Å². The van der Waals surface area contributed by atoms with Crippen molar-refractivity contribution in [3.05, 3.63) is 12.2 Å². The van der Waals surface area contributed by atoms with Gasteiger partial charge in [-0.15, -0.1) is 0 Å². The normalized spacial score (nSPS) is 9.96. The highest BCUT2D eigenvalue weighted by molar-refractivity contribution is 7.80. The summed E-state index contributed by atoms with van der Waals surface area (Å²) < 4.78 is 31.0. The second-order valence-corrected chi connectivity index (χ2v) is 6.99. The standard InChI is InChI=1S/2C5H14N2.C4H6O2.CH4O4S/c2*1-7(2)5-3-4-6;1-3(2)4(5)6;1-5-6(2,3)4/h2*3-6H2,1-2H3;1H2,2H3,(H,5,6);1H3,(H,2,3,4). The maximum atomic E-state index is 9.49. The Kier molecular flexibility index (Phi) is 27.5. The van der Waals surface area contributed by atoms with E-state index in [9.17, 15) is 22.9 Å². The minimum atomic E-state index is -4.41. The van der Waals surface area contributed by atoms with Crippen LogP contribution < -0.4 is 26.4 Å². The first kappa shape index (κ1) is 32.6. The minimum absolute atomic E-state index is 0.0648. The third kappa shape index (κ3) is 56.8. The van der Waals surface area contributed by atoms with E-state index in [1.165, 1.54) is 29.8 Å². The van der Waals surface area contributed by atoms with Crippen LogP contribution in [0.1, 0.15) is 19.8 Å². The van der Waals surface area contributed by atoms with E-state index < -0.39 is 16.4 Å². The second kappa shape index (κ2) is 22.0. The zero-order chi connectivity index (χ0) is 21.8. The molecule has 0 rings (SSSR count). The Morgan fingerprint density at radius 3 is 1.31 bits per heavy atom. The number of carboxylic acids is 1. The van der Waals surface area contributed by atoms with Crippen molar-refractivity contribution >= 4 is 16.4 Å². The van der Waals surface area contributed by atoms with Crippen molar-refractivity contribution in [3.63, 3.8) is 0 Å². The van der Waals surface area contributed by atoms with Gasteiger partial charge in [0, 0.05) is 12.8 Å². The molecule has 0 aromatic rings. The van der Waals surface area contributed by atoms with Crippen molar-refractivity contribution in [2.24, 2.45) is 11.5 Å². The molecule has 0 aromatic heterocycles. The van der Waals surface area contributed by atoms with Gasteiger partial charge in [0.2, 0.25) is 10.4 Å². The van der Waals surface area contributed by atoms with E-state index in [0.717, 1.165) is 33.0 Å². The topological polar surface area (TPSA) is 167 Å². The lowest BCUT2D eigenvalue weighted by Gasteiger charge is -2.03. The fourth-order valence-corrected chi connectivity index (χ4v) is 0.911. The van der Waals surface area contributed by atoms with Crippen LogP contribution in [0.15, 0.2) is 12.2 Å². The molecule has 10 nitrogen and oxygen atoms in total. The van der Waals surface area contributed by atoms with Crippen molar-refractivity contribution in [3.8, 4) is 0 Å². The number of carbonyl (C=O) groups is 1. The van der Waals surface area contributed by atoms with Crippen molar-refractivity contribution in [2.45, 2.75) is 19.8 Å². The molecule has 0 amide bonds. The Labute approximate surface area is 158 Å². The predicted molar refractivity (Wildman–Crippen MR) is 99.2 cm³/mol. The Morgan fingerprint density at radius 1 is 1.04 bits per heavy atom. The van der Waals surface area contributed by atoms with Gasteiger partial charge in [-0.25, -0.2) is 8.42 Å². The Bertz CT molecular complexity index is 404. The summed E-state index contributed by atoms with van der Waals surface area (Å²) in [5.74, 6) is -1.19. The summed E-state index contributed by atoms with van der Waals surface area (Å²) >= 11 is 0. The predicted octanol–water partition coefficient (Wildman–Crippen LogP) is -4.64. The fourth-order valence-electron chi connectivity index (χ4n) is 0.911. The number of carbonyl (C=O) groups excluding carboxylic acids is 1. The van der Waals surface area contributed by atoms with E-state index in [1.54, 1.807) is 0 Å². The molecule has 0 fully saturated rings. The van der Waals surface area contributed by atoms with Crippen LogP contribution in [0.2, 0.25) is 0 Å². The highest BCUT2D eigenvalue weighted by Gasteiger charge is 1.88. The van der Waals surface area contributed by atoms with Gasteiger partial charge >= 0.3 is 0 Å². The first-order valence-electron chi connectivity index (χ1n) is 8.11. The highest BCUT2D eigenvalue weighted by Crippen LogP contribution is 1.77. The van der Waals surface area contributed by atoms with Gasteiger partial charge in [0.25, 0.3) is 0 Å². The quantitative estimate of drug-likeness (QED) is 0.179. The number of hydrogen-bond acceptors (Lipinski definition) is 8. The average molecular weight is 403 g/mol. The van der Waals surface area contributed by atoms with Gasteiger partial charge in [-0.3, -0.25) is 4.18 Å². The molecular formula is C15H38N4O6S. The SMILES string of the molecule is C=C(C)C(=O)[O-].COS(=O)(=O)[O-].C[NH+](C)CCCN.C[NH+](C)CCCN. The molecule has 0 saturated carbocycles. The zero-order valence-electron chi connectivity index (χ0n) is 17.0. The molecule has 0 atom stereocenters. The van der Waals surface area contributed by atoms with Crippen LogP contribution in [0.5, 0.6) is 0 Å². The van der Waals surface area contributed by atoms with E-state index >= 15 is 0 Å². The van der Waals surface area contributed by atoms with E-state index in [2.05, 4.69) is 39.0 Å². The number of aliphatic carboxylic acids is 1. The first-order chi connectivity index (χ1) is 11.7. The maximum Gasteiger partial charge on any atom is 0.217 e. The third-order valence-electron chi connectivity index (χ3n) is 2.31. The van der Waals surface area contributed by atoms with Gasteiger partial charge in [0.05, 0.1) is 54.4 Å². The zero-order valence-corrected chi connectivity index (χ0v) is 17.8. The van der Waals surface area contributed by atoms with Gasteiger partial charge in [-0.05, 0) is 25.6 Å². The van der Waals surface area contributed by atoms with Gasteiger partial charge in [-0.2, -0.15) is 0 Å². The maximum absolute atomic E-state index is 9.49. The number of rotatable bonds is 8. The van der Waals surface area contributed by atoms with E-state index in [4.69, 9.17) is 11.5 Å². The summed E-state index contributed by atoms with van der Waals surface area (Å²) in [5, 5.41) is 9.49.